The van der Waals surface area contributed by atoms with Crippen LogP contribution >= 0.6 is 0 Å². The Morgan fingerprint density at radius 1 is 0.581 bits per heavy atom. The number of aromatic nitrogens is 3. The number of hydrogen-bond donors (Lipinski definition) is 0. The molecule has 6 aromatic carbocycles. The Morgan fingerprint density at radius 2 is 1.18 bits per heavy atom. The molecule has 3 heterocycles. The number of nitrogens with zero attached hydrogens (tertiary/aromatic N) is 4. The third-order valence-corrected chi connectivity index (χ3v) is 13.7. The molecule has 0 spiro atoms. The normalized spacial score (nSPS) is 13.1. The SMILES string of the molecule is Cc1c(C)c(-c2ccccc2)c(-n2[c](=[Pt])n(-c3cc(Oc4ccc5c(c4)N(c4cc(C(C)(C)C)ccn4)CCC5)cc(C(C)(C)C)c3)c3ccccc32)c(-c2ccccc2)c1C. The topological polar surface area (TPSA) is 35.2 Å². The van der Waals surface area contributed by atoms with E-state index in [1.54, 1.807) is 0 Å². The Bertz CT molecular complexity index is 2970. The first-order valence-corrected chi connectivity index (χ1v) is 23.0. The fraction of sp³-hybridized carbons (Fsp3) is 0.250. The third-order valence-electron chi connectivity index (χ3n) is 12.7. The van der Waals surface area contributed by atoms with Crippen molar-refractivity contribution in [2.45, 2.75) is 86.0 Å². The number of benzene rings is 6. The predicted molar refractivity (Wildman–Crippen MR) is 254 cm³/mol. The first kappa shape index (κ1) is 41.6. The summed E-state index contributed by atoms with van der Waals surface area (Å²) in [5.41, 5.74) is 18.1. The van der Waals surface area contributed by atoms with Crippen molar-refractivity contribution < 1.29 is 24.1 Å². The van der Waals surface area contributed by atoms with Crippen LogP contribution < -0.4 is 9.64 Å². The summed E-state index contributed by atoms with van der Waals surface area (Å²) >= 11 is 2.56. The summed E-state index contributed by atoms with van der Waals surface area (Å²) < 4.78 is 13.0. The van der Waals surface area contributed by atoms with Gasteiger partial charge in [-0.2, -0.15) is 0 Å². The summed E-state index contributed by atoms with van der Waals surface area (Å²) in [6.45, 7) is 21.4. The minimum absolute atomic E-state index is 0.0333. The molecule has 0 N–H and O–H groups in total. The van der Waals surface area contributed by atoms with Crippen LogP contribution in [0.15, 0.2) is 140 Å². The van der Waals surface area contributed by atoms with E-state index >= 15 is 0 Å². The van der Waals surface area contributed by atoms with Gasteiger partial charge in [0.05, 0.1) is 0 Å². The Morgan fingerprint density at radius 3 is 1.79 bits per heavy atom. The van der Waals surface area contributed by atoms with Crippen molar-refractivity contribution in [3.8, 4) is 45.1 Å². The van der Waals surface area contributed by atoms with Gasteiger partial charge in [0.15, 0.2) is 0 Å². The molecule has 0 amide bonds. The van der Waals surface area contributed by atoms with E-state index in [9.17, 15) is 0 Å². The number of aryl methyl sites for hydroxylation is 1. The van der Waals surface area contributed by atoms with Crippen LogP contribution in [0.1, 0.15) is 81.3 Å². The molecular formula is C56H56N4OPt. The number of ether oxygens (including phenoxy) is 1. The fourth-order valence-corrected chi connectivity index (χ4v) is 10.2. The first-order chi connectivity index (χ1) is 29.7. The predicted octanol–water partition coefficient (Wildman–Crippen LogP) is 14.6. The van der Waals surface area contributed by atoms with Gasteiger partial charge in [-0.25, -0.2) is 0 Å². The second-order valence-electron chi connectivity index (χ2n) is 18.9. The molecule has 9 rings (SSSR count). The maximum atomic E-state index is 6.98. The second-order valence-corrected chi connectivity index (χ2v) is 19.9. The van der Waals surface area contributed by atoms with Gasteiger partial charge in [0.2, 0.25) is 0 Å². The van der Waals surface area contributed by atoms with Crippen molar-refractivity contribution in [2.75, 3.05) is 11.4 Å². The summed E-state index contributed by atoms with van der Waals surface area (Å²) in [7, 11) is 0. The van der Waals surface area contributed by atoms with Crippen molar-refractivity contribution >= 4 is 22.5 Å². The van der Waals surface area contributed by atoms with Crippen molar-refractivity contribution in [3.05, 3.63) is 177 Å². The number of para-hydroxylation sites is 2. The molecule has 62 heavy (non-hydrogen) atoms. The average Bonchev–Trinajstić information content (AvgIpc) is 3.56. The zero-order valence-corrected chi connectivity index (χ0v) is 39.7. The molecule has 1 aliphatic rings. The van der Waals surface area contributed by atoms with Crippen molar-refractivity contribution in [3.63, 3.8) is 0 Å². The number of imidazole rings is 1. The number of hydrogen-bond acceptors (Lipinski definition) is 3. The summed E-state index contributed by atoms with van der Waals surface area (Å²) in [6.07, 6.45) is 4.06. The van der Waals surface area contributed by atoms with Crippen LogP contribution in [0.5, 0.6) is 11.5 Å². The van der Waals surface area contributed by atoms with Gasteiger partial charge in [0, 0.05) is 6.20 Å². The summed E-state index contributed by atoms with van der Waals surface area (Å²) in [4.78, 5) is 7.24. The Hall–Kier alpha value is -5.77. The third kappa shape index (κ3) is 7.60. The minimum atomic E-state index is -0.138. The van der Waals surface area contributed by atoms with Crippen LogP contribution in [-0.2, 0) is 36.6 Å². The van der Waals surface area contributed by atoms with Gasteiger partial charge in [-0.1, -0.05) is 20.8 Å². The zero-order chi connectivity index (χ0) is 43.5. The van der Waals surface area contributed by atoms with Crippen LogP contribution in [0.3, 0.4) is 0 Å². The van der Waals surface area contributed by atoms with E-state index in [4.69, 9.17) is 9.72 Å². The maximum absolute atomic E-state index is 6.98. The molecule has 0 atom stereocenters. The quantitative estimate of drug-likeness (QED) is 0.160. The van der Waals surface area contributed by atoms with Crippen LogP contribution in [0.2, 0.25) is 0 Å². The van der Waals surface area contributed by atoms with Crippen molar-refractivity contribution in [1.82, 2.24) is 14.1 Å². The van der Waals surface area contributed by atoms with E-state index in [1.165, 1.54) is 67.0 Å². The molecule has 0 unspecified atom stereocenters. The van der Waals surface area contributed by atoms with Gasteiger partial charge >= 0.3 is 336 Å². The molecule has 0 radical (unpaired) electrons. The molecule has 1 aliphatic heterocycles. The first-order valence-electron chi connectivity index (χ1n) is 21.8. The van der Waals surface area contributed by atoms with Gasteiger partial charge in [0.1, 0.15) is 0 Å². The Labute approximate surface area is 378 Å². The van der Waals surface area contributed by atoms with Gasteiger partial charge in [0.25, 0.3) is 0 Å². The molecule has 5 nitrogen and oxygen atoms in total. The number of fused-ring (bicyclic) bond motifs is 2. The van der Waals surface area contributed by atoms with Gasteiger partial charge in [-0.15, -0.1) is 0 Å². The van der Waals surface area contributed by atoms with Crippen LogP contribution in [0, 0.1) is 24.6 Å². The number of rotatable bonds is 7. The molecule has 316 valence electrons. The van der Waals surface area contributed by atoms with Crippen LogP contribution in [-0.4, -0.2) is 20.7 Å². The van der Waals surface area contributed by atoms with E-state index in [1.807, 2.05) is 6.20 Å². The van der Waals surface area contributed by atoms with Crippen molar-refractivity contribution in [1.29, 1.82) is 0 Å². The Kier molecular flexibility index (Phi) is 10.8. The van der Waals surface area contributed by atoms with E-state index in [0.29, 0.717) is 0 Å². The fourth-order valence-electron chi connectivity index (χ4n) is 9.07. The molecule has 0 bridgehead atoms. The number of anilines is 2. The summed E-state index contributed by atoms with van der Waals surface area (Å²) in [5.74, 6) is 2.60. The molecular weight excluding hydrogens is 940 g/mol. The van der Waals surface area contributed by atoms with E-state index in [2.05, 4.69) is 229 Å². The molecule has 0 saturated carbocycles. The van der Waals surface area contributed by atoms with E-state index < -0.39 is 0 Å². The van der Waals surface area contributed by atoms with Crippen LogP contribution in [0.25, 0.3) is 44.7 Å². The van der Waals surface area contributed by atoms with Gasteiger partial charge in [-0.05, 0) is 17.0 Å². The standard InChI is InChI=1S/C56H56N4O.Pt/c1-37-38(2)52(41-19-12-10-13-20-41)54(53(39(37)3)42-21-14-11-15-22-42)60-36-59(48-24-16-17-25-49(48)60)45-31-44(56(7,8)9)32-47(34-45)61-46-27-26-40-23-18-30-58(50(40)35-46)51-33-43(28-29-57-51)55(4,5)6;/h10-17,19-22,24-29,31-35H,18,23,30H2,1-9H3;. The Balaban J connectivity index is 1.23. The summed E-state index contributed by atoms with van der Waals surface area (Å²) in [5, 5.41) is 0. The summed E-state index contributed by atoms with van der Waals surface area (Å²) in [6, 6.07) is 48.4. The molecule has 0 aliphatic carbocycles. The average molecular weight is 996 g/mol. The molecule has 0 saturated heterocycles. The zero-order valence-electron chi connectivity index (χ0n) is 37.4. The second kappa shape index (κ2) is 16.2. The number of pyridine rings is 1. The van der Waals surface area contributed by atoms with Gasteiger partial charge < -0.3 is 0 Å². The monoisotopic (exact) mass is 995 g/mol. The molecule has 0 fully saturated rings. The van der Waals surface area contributed by atoms with E-state index in [0.717, 1.165) is 57.2 Å². The van der Waals surface area contributed by atoms with Gasteiger partial charge in [-0.3, -0.25) is 0 Å². The molecule has 6 heteroatoms. The van der Waals surface area contributed by atoms with Crippen LogP contribution in [0.4, 0.5) is 11.5 Å². The van der Waals surface area contributed by atoms with E-state index in [-0.39, 0.29) is 10.8 Å². The molecule has 8 aromatic rings. The van der Waals surface area contributed by atoms with Crippen molar-refractivity contribution in [2.24, 2.45) is 0 Å². The molecule has 2 aromatic heterocycles.